The number of hydrogen-bond acceptors (Lipinski definition) is 5. The van der Waals surface area contributed by atoms with Crippen molar-refractivity contribution in [2.45, 2.75) is 25.8 Å². The Bertz CT molecular complexity index is 716. The zero-order valence-corrected chi connectivity index (χ0v) is 17.7. The number of benzene rings is 1. The molecule has 1 aromatic rings. The van der Waals surface area contributed by atoms with Gasteiger partial charge >= 0.3 is 0 Å². The Kier molecular flexibility index (Phi) is 7.33. The summed E-state index contributed by atoms with van der Waals surface area (Å²) in [5.41, 5.74) is 0.865. The third-order valence-corrected chi connectivity index (χ3v) is 5.44. The number of morpholine rings is 1. The fourth-order valence-corrected chi connectivity index (χ4v) is 3.64. The van der Waals surface area contributed by atoms with Crippen LogP contribution in [0.5, 0.6) is 5.75 Å². The van der Waals surface area contributed by atoms with Gasteiger partial charge in [0.1, 0.15) is 5.75 Å². The molecular weight excluding hydrogens is 370 g/mol. The van der Waals surface area contributed by atoms with Crippen molar-refractivity contribution in [2.24, 2.45) is 4.99 Å². The quantitative estimate of drug-likeness (QED) is 0.403. The number of aliphatic imine (C=N–C) groups is 1. The van der Waals surface area contributed by atoms with Gasteiger partial charge in [-0.05, 0) is 32.4 Å². The smallest absolute Gasteiger partial charge is 0.265 e. The molecule has 1 amide bonds. The van der Waals surface area contributed by atoms with Gasteiger partial charge in [-0.15, -0.1) is 0 Å². The van der Waals surface area contributed by atoms with E-state index in [0.717, 1.165) is 63.2 Å². The van der Waals surface area contributed by atoms with Gasteiger partial charge in [-0.25, -0.2) is 0 Å². The lowest BCUT2D eigenvalue weighted by atomic mass is 10.0. The zero-order chi connectivity index (χ0) is 20.7. The van der Waals surface area contributed by atoms with Crippen molar-refractivity contribution in [2.75, 3.05) is 64.5 Å². The number of nitrogens with zero attached hydrogens (tertiary/aromatic N) is 3. The minimum atomic E-state index is -0.00142. The van der Waals surface area contributed by atoms with E-state index in [4.69, 9.17) is 9.47 Å². The van der Waals surface area contributed by atoms with E-state index in [9.17, 15) is 4.79 Å². The molecule has 2 heterocycles. The van der Waals surface area contributed by atoms with Gasteiger partial charge in [0.2, 0.25) is 0 Å². The van der Waals surface area contributed by atoms with E-state index in [1.807, 2.05) is 24.3 Å². The Morgan fingerprint density at radius 2 is 1.97 bits per heavy atom. The number of ether oxygens (including phenoxy) is 2. The van der Waals surface area contributed by atoms with Crippen LogP contribution in [0.25, 0.3) is 0 Å². The van der Waals surface area contributed by atoms with Gasteiger partial charge < -0.3 is 25.0 Å². The predicted molar refractivity (Wildman–Crippen MR) is 115 cm³/mol. The predicted octanol–water partition coefficient (Wildman–Crippen LogP) is 1.08. The Morgan fingerprint density at radius 1 is 1.21 bits per heavy atom. The highest BCUT2D eigenvalue weighted by Gasteiger charge is 2.28. The second kappa shape index (κ2) is 9.93. The molecule has 1 saturated heterocycles. The van der Waals surface area contributed by atoms with E-state index in [0.29, 0.717) is 6.54 Å². The molecule has 8 nitrogen and oxygen atoms in total. The molecule has 0 aromatic heterocycles. The Morgan fingerprint density at radius 3 is 2.72 bits per heavy atom. The maximum atomic E-state index is 12.2. The van der Waals surface area contributed by atoms with Crippen molar-refractivity contribution < 1.29 is 14.3 Å². The molecule has 0 radical (unpaired) electrons. The number of amides is 1. The van der Waals surface area contributed by atoms with Crippen LogP contribution in [0.3, 0.4) is 0 Å². The lowest BCUT2D eigenvalue weighted by Crippen LogP contribution is -2.56. The lowest BCUT2D eigenvalue weighted by Gasteiger charge is -2.41. The maximum Gasteiger partial charge on any atom is 0.265 e. The first-order valence-corrected chi connectivity index (χ1v) is 10.3. The van der Waals surface area contributed by atoms with Gasteiger partial charge in [0.05, 0.1) is 18.9 Å². The second-order valence-electron chi connectivity index (χ2n) is 7.92. The molecule has 2 aliphatic heterocycles. The largest absolute Gasteiger partial charge is 0.482 e. The second-order valence-corrected chi connectivity index (χ2v) is 7.92. The first kappa shape index (κ1) is 21.4. The number of fused-ring (bicyclic) bond motifs is 1. The fourth-order valence-electron chi connectivity index (χ4n) is 3.64. The summed E-state index contributed by atoms with van der Waals surface area (Å²) in [5, 5.41) is 6.78. The summed E-state index contributed by atoms with van der Waals surface area (Å²) in [6, 6.07) is 7.67. The van der Waals surface area contributed by atoms with Crippen molar-refractivity contribution >= 4 is 17.6 Å². The number of hydrogen-bond donors (Lipinski definition) is 2. The van der Waals surface area contributed by atoms with Crippen LogP contribution in [0.2, 0.25) is 0 Å². The number of rotatable bonds is 7. The highest BCUT2D eigenvalue weighted by Crippen LogP contribution is 2.31. The molecule has 3 rings (SSSR count). The summed E-state index contributed by atoms with van der Waals surface area (Å²) in [5.74, 6) is 1.54. The van der Waals surface area contributed by atoms with E-state index < -0.39 is 0 Å². The van der Waals surface area contributed by atoms with Gasteiger partial charge in [-0.1, -0.05) is 12.1 Å². The van der Waals surface area contributed by atoms with Crippen LogP contribution < -0.4 is 20.3 Å². The summed E-state index contributed by atoms with van der Waals surface area (Å²) in [6.45, 7) is 10.2. The first-order valence-electron chi connectivity index (χ1n) is 10.3. The lowest BCUT2D eigenvalue weighted by molar-refractivity contribution is -0.121. The van der Waals surface area contributed by atoms with Crippen molar-refractivity contribution in [1.82, 2.24) is 15.5 Å². The number of nitrogens with one attached hydrogen (secondary N) is 2. The molecule has 0 saturated carbocycles. The van der Waals surface area contributed by atoms with Crippen LogP contribution >= 0.6 is 0 Å². The fraction of sp³-hybridized carbons (Fsp3) is 0.619. The Labute approximate surface area is 173 Å². The van der Waals surface area contributed by atoms with Crippen LogP contribution in [-0.4, -0.2) is 81.9 Å². The summed E-state index contributed by atoms with van der Waals surface area (Å²) in [6.07, 6.45) is 0.813. The summed E-state index contributed by atoms with van der Waals surface area (Å²) >= 11 is 0. The average Bonchev–Trinajstić information content (AvgIpc) is 2.75. The highest BCUT2D eigenvalue weighted by molar-refractivity contribution is 5.97. The summed E-state index contributed by atoms with van der Waals surface area (Å²) < 4.78 is 10.9. The van der Waals surface area contributed by atoms with Crippen molar-refractivity contribution in [3.8, 4) is 5.75 Å². The topological polar surface area (TPSA) is 78.4 Å². The van der Waals surface area contributed by atoms with Crippen molar-refractivity contribution in [3.63, 3.8) is 0 Å². The normalized spacial score (nSPS) is 18.2. The van der Waals surface area contributed by atoms with Crippen molar-refractivity contribution in [3.05, 3.63) is 24.3 Å². The van der Waals surface area contributed by atoms with E-state index in [1.165, 1.54) is 0 Å². The first-order chi connectivity index (χ1) is 14.0. The molecule has 160 valence electrons. The van der Waals surface area contributed by atoms with Crippen LogP contribution in [0.15, 0.2) is 29.3 Å². The third kappa shape index (κ3) is 5.61. The summed E-state index contributed by atoms with van der Waals surface area (Å²) in [7, 11) is 1.78. The van der Waals surface area contributed by atoms with E-state index >= 15 is 0 Å². The van der Waals surface area contributed by atoms with Crippen LogP contribution in [0, 0.1) is 0 Å². The highest BCUT2D eigenvalue weighted by atomic mass is 16.5. The number of para-hydroxylation sites is 2. The maximum absolute atomic E-state index is 12.2. The zero-order valence-electron chi connectivity index (χ0n) is 17.7. The molecule has 0 spiro atoms. The van der Waals surface area contributed by atoms with Gasteiger partial charge in [-0.2, -0.15) is 0 Å². The Hall–Kier alpha value is -2.32. The molecule has 0 aliphatic carbocycles. The number of carbonyl (C=O) groups is 1. The van der Waals surface area contributed by atoms with Crippen LogP contribution in [-0.2, 0) is 9.53 Å². The third-order valence-electron chi connectivity index (χ3n) is 5.44. The standard InChI is InChI=1S/C21H33N5O3/c1-21(2,25-11-13-28-14-12-25)16-24-20(22-3)23-9-6-10-26-17-7-4-5-8-18(17)29-15-19(26)27/h4-5,7-8H,6,9-16H2,1-3H3,(H2,22,23,24). The molecule has 29 heavy (non-hydrogen) atoms. The molecule has 2 N–H and O–H groups in total. The average molecular weight is 404 g/mol. The van der Waals surface area contributed by atoms with Gasteiger partial charge in [0.25, 0.3) is 5.91 Å². The molecule has 0 unspecified atom stereocenters. The Balaban J connectivity index is 1.43. The van der Waals surface area contributed by atoms with Gasteiger partial charge in [-0.3, -0.25) is 14.7 Å². The molecule has 2 aliphatic rings. The molecule has 0 atom stereocenters. The number of anilines is 1. The molecule has 8 heteroatoms. The molecular formula is C21H33N5O3. The van der Waals surface area contributed by atoms with Crippen molar-refractivity contribution in [1.29, 1.82) is 0 Å². The van der Waals surface area contributed by atoms with Gasteiger partial charge in [0.15, 0.2) is 12.6 Å². The number of guanidine groups is 1. The molecule has 0 bridgehead atoms. The minimum absolute atomic E-state index is 0.00142. The van der Waals surface area contributed by atoms with Crippen LogP contribution in [0.1, 0.15) is 20.3 Å². The SMILES string of the molecule is CN=C(NCCCN1C(=O)COc2ccccc21)NCC(C)(C)N1CCOCC1. The van der Waals surface area contributed by atoms with E-state index in [2.05, 4.69) is 34.4 Å². The number of carbonyl (C=O) groups excluding carboxylic acids is 1. The molecule has 1 aromatic carbocycles. The van der Waals surface area contributed by atoms with E-state index in [1.54, 1.807) is 11.9 Å². The van der Waals surface area contributed by atoms with E-state index in [-0.39, 0.29) is 18.1 Å². The minimum Gasteiger partial charge on any atom is -0.482 e. The van der Waals surface area contributed by atoms with Crippen LogP contribution in [0.4, 0.5) is 5.69 Å². The molecule has 1 fully saturated rings. The monoisotopic (exact) mass is 403 g/mol. The van der Waals surface area contributed by atoms with Gasteiger partial charge in [0, 0.05) is 45.3 Å². The summed E-state index contributed by atoms with van der Waals surface area (Å²) in [4.78, 5) is 20.8.